The number of aliphatic hydroxyl groups excluding tert-OH is 1. The molecule has 0 radical (unpaired) electrons. The number of carbonyl (C=O) groups excluding carboxylic acids is 1. The highest BCUT2D eigenvalue weighted by Crippen LogP contribution is 2.43. The lowest BCUT2D eigenvalue weighted by Gasteiger charge is -2.25. The Hall–Kier alpha value is -2.84. The van der Waals surface area contributed by atoms with Gasteiger partial charge >= 0.3 is 7.82 Å². The lowest BCUT2D eigenvalue weighted by atomic mass is 10.0. The molecule has 0 rings (SSSR count). The van der Waals surface area contributed by atoms with Crippen LogP contribution in [0.5, 0.6) is 0 Å². The number of nitrogens with zero attached hydrogens (tertiary/aromatic N) is 1. The van der Waals surface area contributed by atoms with Crippen molar-refractivity contribution in [3.8, 4) is 0 Å². The molecule has 8 nitrogen and oxygen atoms in total. The number of carbonyl (C=O) groups is 1. The van der Waals surface area contributed by atoms with Crippen LogP contribution in [0.2, 0.25) is 0 Å². The second-order valence-corrected chi connectivity index (χ2v) is 21.0. The number of aliphatic hydroxyl groups is 1. The minimum absolute atomic E-state index is 0.0577. The number of likely N-dealkylation sites (N-methyl/N-ethyl adjacent to an activating group) is 1. The van der Waals surface area contributed by atoms with E-state index in [-0.39, 0.29) is 19.1 Å². The summed E-state index contributed by atoms with van der Waals surface area (Å²) in [5.74, 6) is -0.186. The minimum atomic E-state index is -4.33. The third-order valence-corrected chi connectivity index (χ3v) is 12.7. The number of phosphoric acid groups is 1. The van der Waals surface area contributed by atoms with E-state index in [0.717, 1.165) is 96.3 Å². The predicted molar refractivity (Wildman–Crippen MR) is 299 cm³/mol. The molecule has 0 aliphatic carbocycles. The number of unbranched alkanes of at least 4 members (excludes halogenated alkanes) is 20. The van der Waals surface area contributed by atoms with E-state index in [1.165, 1.54) is 96.3 Å². The van der Waals surface area contributed by atoms with E-state index in [9.17, 15) is 19.4 Å². The fraction of sp³-hybridized carbons (Fsp3) is 0.683. The molecule has 3 N–H and O–H groups in total. The molecule has 0 saturated heterocycles. The lowest BCUT2D eigenvalue weighted by molar-refractivity contribution is -0.870. The Bertz CT molecular complexity index is 1490. The van der Waals surface area contributed by atoms with Crippen LogP contribution in [0.15, 0.2) is 109 Å². The normalized spacial score (nSPS) is 14.8. The van der Waals surface area contributed by atoms with Crippen molar-refractivity contribution in [2.75, 3.05) is 40.9 Å². The predicted octanol–water partition coefficient (Wildman–Crippen LogP) is 16.8. The topological polar surface area (TPSA) is 105 Å². The van der Waals surface area contributed by atoms with E-state index in [1.54, 1.807) is 6.08 Å². The summed E-state index contributed by atoms with van der Waals surface area (Å²) >= 11 is 0. The molecule has 0 aromatic carbocycles. The molecule has 69 heavy (non-hydrogen) atoms. The molecule has 0 aliphatic heterocycles. The van der Waals surface area contributed by atoms with Crippen LogP contribution in [-0.2, 0) is 18.4 Å². The van der Waals surface area contributed by atoms with Gasteiger partial charge < -0.3 is 19.8 Å². The van der Waals surface area contributed by atoms with Crippen molar-refractivity contribution in [3.63, 3.8) is 0 Å². The van der Waals surface area contributed by atoms with Gasteiger partial charge in [-0.15, -0.1) is 0 Å². The third-order valence-electron chi connectivity index (χ3n) is 11.7. The SMILES string of the molecule is CC/C=C\C/C=C\C/C=C\C/C=C\C/C=C\C/C=C\C/C=C\C/C=C\CCCCCCCCCCCCCCCCCCC(=O)NC(COP(=O)(O)OCC[N+](C)(C)C)C(O)/C=C/CCCCCC. The van der Waals surface area contributed by atoms with Crippen LogP contribution < -0.4 is 5.32 Å². The van der Waals surface area contributed by atoms with Gasteiger partial charge in [-0.1, -0.05) is 232 Å². The number of hydrogen-bond acceptors (Lipinski definition) is 5. The highest BCUT2D eigenvalue weighted by molar-refractivity contribution is 7.47. The average molecular weight is 982 g/mol. The van der Waals surface area contributed by atoms with Crippen LogP contribution in [0, 0.1) is 0 Å². The zero-order valence-electron chi connectivity index (χ0n) is 45.0. The molecular weight excluding hydrogens is 876 g/mol. The Morgan fingerprint density at radius 1 is 0.507 bits per heavy atom. The molecular formula is C60H106N2O6P+. The number of amides is 1. The summed E-state index contributed by atoms with van der Waals surface area (Å²) in [4.78, 5) is 23.0. The van der Waals surface area contributed by atoms with E-state index in [1.807, 2.05) is 27.2 Å². The maximum Gasteiger partial charge on any atom is 0.472 e. The first-order chi connectivity index (χ1) is 33.5. The van der Waals surface area contributed by atoms with Gasteiger partial charge in [-0.05, 0) is 83.5 Å². The summed E-state index contributed by atoms with van der Waals surface area (Å²) < 4.78 is 23.4. The summed E-state index contributed by atoms with van der Waals surface area (Å²) in [5, 5.41) is 13.7. The molecule has 1 amide bonds. The molecule has 396 valence electrons. The van der Waals surface area contributed by atoms with Gasteiger partial charge in [-0.2, -0.15) is 0 Å². The van der Waals surface area contributed by atoms with Gasteiger partial charge in [0, 0.05) is 6.42 Å². The Kier molecular flexibility index (Phi) is 48.1. The van der Waals surface area contributed by atoms with Gasteiger partial charge in [0.05, 0.1) is 39.9 Å². The number of hydrogen-bond donors (Lipinski definition) is 3. The molecule has 0 bridgehead atoms. The molecule has 9 heteroatoms. The monoisotopic (exact) mass is 982 g/mol. The van der Waals surface area contributed by atoms with Crippen molar-refractivity contribution in [2.24, 2.45) is 0 Å². The van der Waals surface area contributed by atoms with Crippen molar-refractivity contribution >= 4 is 13.7 Å². The maximum atomic E-state index is 12.8. The van der Waals surface area contributed by atoms with Gasteiger partial charge in [0.1, 0.15) is 13.2 Å². The summed E-state index contributed by atoms with van der Waals surface area (Å²) in [7, 11) is 1.56. The molecule has 0 spiro atoms. The zero-order chi connectivity index (χ0) is 50.6. The molecule has 0 aromatic heterocycles. The van der Waals surface area contributed by atoms with E-state index in [0.29, 0.717) is 17.4 Å². The molecule has 0 heterocycles. The van der Waals surface area contributed by atoms with Crippen molar-refractivity contribution in [3.05, 3.63) is 109 Å². The molecule has 0 fully saturated rings. The molecule has 3 unspecified atom stereocenters. The second-order valence-electron chi connectivity index (χ2n) is 19.6. The van der Waals surface area contributed by atoms with Crippen molar-refractivity contribution in [2.45, 2.75) is 225 Å². The maximum absolute atomic E-state index is 12.8. The highest BCUT2D eigenvalue weighted by Gasteiger charge is 2.27. The molecule has 0 aromatic rings. The van der Waals surface area contributed by atoms with Crippen LogP contribution >= 0.6 is 7.82 Å². The number of allylic oxidation sites excluding steroid dienone is 17. The third kappa shape index (κ3) is 52.8. The van der Waals surface area contributed by atoms with Crippen LogP contribution in [-0.4, -0.2) is 73.4 Å². The minimum Gasteiger partial charge on any atom is -0.387 e. The van der Waals surface area contributed by atoms with Gasteiger partial charge in [0.15, 0.2) is 0 Å². The summed E-state index contributed by atoms with van der Waals surface area (Å²) in [6.07, 6.45) is 73.8. The summed E-state index contributed by atoms with van der Waals surface area (Å²) in [5.41, 5.74) is 0. The molecule has 3 atom stereocenters. The Morgan fingerprint density at radius 2 is 0.870 bits per heavy atom. The van der Waals surface area contributed by atoms with Gasteiger partial charge in [-0.3, -0.25) is 13.8 Å². The van der Waals surface area contributed by atoms with Crippen molar-refractivity contribution in [1.29, 1.82) is 0 Å². The summed E-state index contributed by atoms with van der Waals surface area (Å²) in [6, 6.07) is -0.847. The fourth-order valence-electron chi connectivity index (χ4n) is 7.41. The Balaban J connectivity index is 3.84. The lowest BCUT2D eigenvalue weighted by Crippen LogP contribution is -2.45. The fourth-order valence-corrected chi connectivity index (χ4v) is 8.15. The Morgan fingerprint density at radius 3 is 1.28 bits per heavy atom. The van der Waals surface area contributed by atoms with Gasteiger partial charge in [0.2, 0.25) is 5.91 Å². The van der Waals surface area contributed by atoms with Crippen molar-refractivity contribution in [1.82, 2.24) is 5.32 Å². The second kappa shape index (κ2) is 50.1. The number of rotatable bonds is 49. The quantitative estimate of drug-likeness (QED) is 0.0243. The van der Waals surface area contributed by atoms with Crippen LogP contribution in [0.4, 0.5) is 0 Å². The largest absolute Gasteiger partial charge is 0.472 e. The van der Waals surface area contributed by atoms with Crippen LogP contribution in [0.3, 0.4) is 0 Å². The standard InChI is InChI=1S/C60H105N2O6P/c1-6-8-10-12-14-15-16-17-18-19-20-21-22-23-24-25-26-27-28-29-30-31-32-33-34-35-36-37-38-39-40-41-42-43-44-45-46-47-48-50-52-54-60(64)61-58(59(63)53-51-49-13-11-9-7-2)57-68-69(65,66)67-56-55-62(3,4)5/h8,10,14-15,17-18,20-21,23-24,26-27,29-30,32-33,51,53,58-59,63H,6-7,9,11-13,16,19,22,25,28,31,34-50,52,54-57H2,1-5H3,(H-,61,64,65,66)/p+1/b10-8-,15-14-,18-17-,21-20-,24-23-,27-26-,30-29-,33-32-,53-51+. The van der Waals surface area contributed by atoms with E-state index >= 15 is 0 Å². The van der Waals surface area contributed by atoms with Gasteiger partial charge in [-0.25, -0.2) is 4.57 Å². The number of phosphoric ester groups is 1. The smallest absolute Gasteiger partial charge is 0.387 e. The first-order valence-electron chi connectivity index (χ1n) is 27.8. The van der Waals surface area contributed by atoms with Crippen LogP contribution in [0.1, 0.15) is 213 Å². The first-order valence-corrected chi connectivity index (χ1v) is 29.3. The van der Waals surface area contributed by atoms with E-state index < -0.39 is 20.0 Å². The highest BCUT2D eigenvalue weighted by atomic mass is 31.2. The number of quaternary nitrogens is 1. The Labute approximate surface area is 425 Å². The first kappa shape index (κ1) is 66.2. The molecule has 0 aliphatic rings. The van der Waals surface area contributed by atoms with Crippen LogP contribution in [0.25, 0.3) is 0 Å². The van der Waals surface area contributed by atoms with E-state index in [4.69, 9.17) is 9.05 Å². The summed E-state index contributed by atoms with van der Waals surface area (Å²) in [6.45, 7) is 4.60. The van der Waals surface area contributed by atoms with Crippen molar-refractivity contribution < 1.29 is 32.9 Å². The van der Waals surface area contributed by atoms with Gasteiger partial charge in [0.25, 0.3) is 0 Å². The zero-order valence-corrected chi connectivity index (χ0v) is 45.9. The average Bonchev–Trinajstić information content (AvgIpc) is 3.31. The van der Waals surface area contributed by atoms with E-state index in [2.05, 4.69) is 116 Å². The molecule has 0 saturated carbocycles. The number of nitrogens with one attached hydrogen (secondary N) is 1.